The summed E-state index contributed by atoms with van der Waals surface area (Å²) in [5.74, 6) is -1.06. The lowest BCUT2D eigenvalue weighted by atomic mass is 10.1. The van der Waals surface area contributed by atoms with Crippen LogP contribution < -0.4 is 4.90 Å². The molecule has 0 radical (unpaired) electrons. The average Bonchev–Trinajstić information content (AvgIpc) is 3.01. The van der Waals surface area contributed by atoms with E-state index in [9.17, 15) is 23.1 Å². The normalized spacial score (nSPS) is 15.5. The fraction of sp³-hybridized carbons (Fsp3) is 0.400. The molecule has 1 aliphatic heterocycles. The minimum atomic E-state index is -4.49. The summed E-state index contributed by atoms with van der Waals surface area (Å²) in [5, 5.41) is 17.3. The second-order valence-electron chi connectivity index (χ2n) is 5.56. The van der Waals surface area contributed by atoms with E-state index in [2.05, 4.69) is 10.2 Å². The SMILES string of the molecule is O=C(O)c1nn(-c2cccc(C(F)(F)F)c2)nc1N1CCCCC1. The Hall–Kier alpha value is -2.58. The molecule has 0 spiro atoms. The number of hydrogen-bond acceptors (Lipinski definition) is 4. The first-order valence-corrected chi connectivity index (χ1v) is 7.49. The van der Waals surface area contributed by atoms with Crippen molar-refractivity contribution in [1.29, 1.82) is 0 Å². The Bertz CT molecular complexity index is 751. The van der Waals surface area contributed by atoms with Crippen molar-refractivity contribution in [2.75, 3.05) is 18.0 Å². The standard InChI is InChI=1S/C15H15F3N4O2/c16-15(17,18)10-5-4-6-11(9-10)22-19-12(14(23)24)13(20-22)21-7-2-1-3-8-21/h4-6,9H,1-3,7-8H2,(H,23,24). The lowest BCUT2D eigenvalue weighted by Gasteiger charge is -2.26. The maximum atomic E-state index is 12.8. The van der Waals surface area contributed by atoms with Gasteiger partial charge in [0.1, 0.15) is 0 Å². The zero-order valence-corrected chi connectivity index (χ0v) is 12.6. The number of benzene rings is 1. The van der Waals surface area contributed by atoms with Gasteiger partial charge in [-0.3, -0.25) is 0 Å². The van der Waals surface area contributed by atoms with Gasteiger partial charge in [-0.2, -0.15) is 13.2 Å². The number of carboxylic acid groups (broad SMARTS) is 1. The molecule has 3 rings (SSSR count). The molecule has 1 aromatic heterocycles. The average molecular weight is 340 g/mol. The number of rotatable bonds is 3. The lowest BCUT2D eigenvalue weighted by molar-refractivity contribution is -0.137. The van der Waals surface area contributed by atoms with E-state index in [0.29, 0.717) is 13.1 Å². The molecule has 1 saturated heterocycles. The van der Waals surface area contributed by atoms with Crippen LogP contribution in [0.4, 0.5) is 19.0 Å². The molecule has 9 heteroatoms. The summed E-state index contributed by atoms with van der Waals surface area (Å²) in [5.41, 5.74) is -1.03. The molecule has 0 amide bonds. The monoisotopic (exact) mass is 340 g/mol. The molecular formula is C15H15F3N4O2. The van der Waals surface area contributed by atoms with E-state index in [1.165, 1.54) is 12.1 Å². The third kappa shape index (κ3) is 3.19. The van der Waals surface area contributed by atoms with Crippen molar-refractivity contribution in [3.63, 3.8) is 0 Å². The van der Waals surface area contributed by atoms with E-state index in [4.69, 9.17) is 0 Å². The molecule has 1 aromatic carbocycles. The largest absolute Gasteiger partial charge is 0.476 e. The highest BCUT2D eigenvalue weighted by molar-refractivity contribution is 5.91. The first-order chi connectivity index (χ1) is 11.4. The van der Waals surface area contributed by atoms with Gasteiger partial charge in [0.05, 0.1) is 11.3 Å². The van der Waals surface area contributed by atoms with Crippen molar-refractivity contribution in [2.45, 2.75) is 25.4 Å². The van der Waals surface area contributed by atoms with Gasteiger partial charge in [-0.25, -0.2) is 4.79 Å². The fourth-order valence-electron chi connectivity index (χ4n) is 2.68. The van der Waals surface area contributed by atoms with Crippen molar-refractivity contribution < 1.29 is 23.1 Å². The van der Waals surface area contributed by atoms with E-state index in [-0.39, 0.29) is 17.2 Å². The smallest absolute Gasteiger partial charge is 0.416 e. The van der Waals surface area contributed by atoms with Crippen LogP contribution in [0.25, 0.3) is 5.69 Å². The van der Waals surface area contributed by atoms with Gasteiger partial charge in [0.15, 0.2) is 5.82 Å². The summed E-state index contributed by atoms with van der Waals surface area (Å²) in [7, 11) is 0. The van der Waals surface area contributed by atoms with Gasteiger partial charge >= 0.3 is 12.1 Å². The second-order valence-corrected chi connectivity index (χ2v) is 5.56. The van der Waals surface area contributed by atoms with Crippen LogP contribution in [0.5, 0.6) is 0 Å². The minimum absolute atomic E-state index is 0.0654. The number of carboxylic acids is 1. The molecular weight excluding hydrogens is 325 g/mol. The van der Waals surface area contributed by atoms with Gasteiger partial charge < -0.3 is 10.0 Å². The maximum absolute atomic E-state index is 12.8. The number of halogens is 3. The van der Waals surface area contributed by atoms with Gasteiger partial charge in [-0.15, -0.1) is 15.0 Å². The maximum Gasteiger partial charge on any atom is 0.416 e. The van der Waals surface area contributed by atoms with Crippen LogP contribution >= 0.6 is 0 Å². The van der Waals surface area contributed by atoms with Crippen LogP contribution in [0.2, 0.25) is 0 Å². The molecule has 0 bridgehead atoms. The summed E-state index contributed by atoms with van der Waals surface area (Å²) in [4.78, 5) is 14.2. The van der Waals surface area contributed by atoms with Crippen LogP contribution in [0.1, 0.15) is 35.3 Å². The van der Waals surface area contributed by atoms with Gasteiger partial charge in [0.2, 0.25) is 5.69 Å². The molecule has 24 heavy (non-hydrogen) atoms. The Morgan fingerprint density at radius 1 is 1.12 bits per heavy atom. The lowest BCUT2D eigenvalue weighted by Crippen LogP contribution is -2.31. The minimum Gasteiger partial charge on any atom is -0.476 e. The van der Waals surface area contributed by atoms with Crippen molar-refractivity contribution in [3.8, 4) is 5.69 Å². The molecule has 2 aromatic rings. The van der Waals surface area contributed by atoms with Crippen LogP contribution in [0.3, 0.4) is 0 Å². The van der Waals surface area contributed by atoms with Gasteiger partial charge in [0, 0.05) is 13.1 Å². The van der Waals surface area contributed by atoms with E-state index < -0.39 is 17.7 Å². The molecule has 2 heterocycles. The molecule has 1 aliphatic rings. The van der Waals surface area contributed by atoms with Crippen molar-refractivity contribution in [2.24, 2.45) is 0 Å². The van der Waals surface area contributed by atoms with Gasteiger partial charge in [0.25, 0.3) is 0 Å². The van der Waals surface area contributed by atoms with Gasteiger partial charge in [-0.05, 0) is 37.5 Å². The number of aromatic carboxylic acids is 1. The highest BCUT2D eigenvalue weighted by atomic mass is 19.4. The van der Waals surface area contributed by atoms with E-state index in [0.717, 1.165) is 36.2 Å². The molecule has 128 valence electrons. The van der Waals surface area contributed by atoms with Crippen LogP contribution in [0.15, 0.2) is 24.3 Å². The first-order valence-electron chi connectivity index (χ1n) is 7.49. The quantitative estimate of drug-likeness (QED) is 0.930. The van der Waals surface area contributed by atoms with E-state index >= 15 is 0 Å². The Kier molecular flexibility index (Phi) is 4.16. The summed E-state index contributed by atoms with van der Waals surface area (Å²) in [6.07, 6.45) is -1.61. The number of anilines is 1. The predicted molar refractivity (Wildman–Crippen MR) is 79.4 cm³/mol. The third-order valence-corrected chi connectivity index (χ3v) is 3.86. The second kappa shape index (κ2) is 6.14. The summed E-state index contributed by atoms with van der Waals surface area (Å²) in [6, 6.07) is 4.48. The van der Waals surface area contributed by atoms with Gasteiger partial charge in [-0.1, -0.05) is 6.07 Å². The van der Waals surface area contributed by atoms with Crippen molar-refractivity contribution in [1.82, 2.24) is 15.0 Å². The Morgan fingerprint density at radius 2 is 1.83 bits per heavy atom. The fourth-order valence-corrected chi connectivity index (χ4v) is 2.68. The van der Waals surface area contributed by atoms with Crippen LogP contribution in [0, 0.1) is 0 Å². The van der Waals surface area contributed by atoms with E-state index in [1.54, 1.807) is 0 Å². The summed E-state index contributed by atoms with van der Waals surface area (Å²) in [6.45, 7) is 1.31. The van der Waals surface area contributed by atoms with Crippen molar-refractivity contribution >= 4 is 11.8 Å². The molecule has 0 atom stereocenters. The van der Waals surface area contributed by atoms with Crippen molar-refractivity contribution in [3.05, 3.63) is 35.5 Å². The summed E-state index contributed by atoms with van der Waals surface area (Å²) >= 11 is 0. The van der Waals surface area contributed by atoms with Crippen LogP contribution in [-0.2, 0) is 6.18 Å². The number of alkyl halides is 3. The molecule has 1 fully saturated rings. The summed E-state index contributed by atoms with van der Waals surface area (Å²) < 4.78 is 38.5. The zero-order valence-electron chi connectivity index (χ0n) is 12.6. The number of hydrogen-bond donors (Lipinski definition) is 1. The highest BCUT2D eigenvalue weighted by Gasteiger charge is 2.31. The Morgan fingerprint density at radius 3 is 2.46 bits per heavy atom. The zero-order chi connectivity index (χ0) is 17.3. The van der Waals surface area contributed by atoms with E-state index in [1.807, 2.05) is 4.90 Å². The molecule has 0 unspecified atom stereocenters. The first kappa shape index (κ1) is 16.3. The molecule has 1 N–H and O–H groups in total. The Balaban J connectivity index is 2.01. The highest BCUT2D eigenvalue weighted by Crippen LogP contribution is 2.30. The molecule has 0 saturated carbocycles. The molecule has 6 nitrogen and oxygen atoms in total. The third-order valence-electron chi connectivity index (χ3n) is 3.86. The molecule has 0 aliphatic carbocycles. The van der Waals surface area contributed by atoms with Crippen LogP contribution in [-0.4, -0.2) is 39.2 Å². The predicted octanol–water partition coefficient (Wildman–Crippen LogP) is 2.97. The Labute approximate surface area is 135 Å². The number of carbonyl (C=O) groups is 1. The topological polar surface area (TPSA) is 71.2 Å². The number of nitrogens with zero attached hydrogens (tertiary/aromatic N) is 4. The number of aromatic nitrogens is 3. The number of piperidine rings is 1.